The number of benzene rings is 2. The van der Waals surface area contributed by atoms with E-state index in [1.54, 1.807) is 61.5 Å². The van der Waals surface area contributed by atoms with Crippen molar-refractivity contribution >= 4 is 56.6 Å². The van der Waals surface area contributed by atoms with Gasteiger partial charge < -0.3 is 9.84 Å². The van der Waals surface area contributed by atoms with E-state index >= 15 is 0 Å². The normalized spacial score (nSPS) is 16.5. The Balaban J connectivity index is 1.85. The molecule has 1 N–H and O–H groups in total. The van der Waals surface area contributed by atoms with E-state index in [1.807, 2.05) is 0 Å². The first-order valence-electron chi connectivity index (χ1n) is 8.42. The number of carbonyl (C=O) groups excluding carboxylic acids is 2. The average molecular weight is 462 g/mol. The molecule has 2 aromatic carbocycles. The maximum absolute atomic E-state index is 12.8. The number of carboxylic acid groups (broad SMARTS) is 1. The number of hydrogen-bond acceptors (Lipinski definition) is 5. The van der Waals surface area contributed by atoms with E-state index in [4.69, 9.17) is 9.84 Å². The molecule has 1 aliphatic rings. The number of anilines is 1. The Morgan fingerprint density at radius 3 is 2.68 bits per heavy atom. The molecule has 1 heterocycles. The molecule has 0 aromatic heterocycles. The molecular formula is C20H16BrNO5S. The van der Waals surface area contributed by atoms with Crippen molar-refractivity contribution in [2.24, 2.45) is 0 Å². The molecule has 0 spiro atoms. The van der Waals surface area contributed by atoms with Gasteiger partial charge >= 0.3 is 5.97 Å². The van der Waals surface area contributed by atoms with Gasteiger partial charge in [-0.25, -0.2) is 9.69 Å². The molecule has 0 aliphatic carbocycles. The minimum atomic E-state index is -1.04. The lowest BCUT2D eigenvalue weighted by molar-refractivity contribution is -0.145. The number of thioether (sulfide) groups is 1. The van der Waals surface area contributed by atoms with E-state index in [0.717, 1.165) is 16.7 Å². The number of para-hydroxylation sites is 1. The number of aliphatic carboxylic acids is 1. The first-order chi connectivity index (χ1) is 13.4. The molecule has 0 saturated carbocycles. The van der Waals surface area contributed by atoms with Crippen LogP contribution in [0, 0.1) is 0 Å². The monoisotopic (exact) mass is 461 g/mol. The summed E-state index contributed by atoms with van der Waals surface area (Å²) in [5, 5.41) is 8.74. The van der Waals surface area contributed by atoms with Gasteiger partial charge in [0.05, 0.1) is 10.6 Å². The number of nitrogens with zero attached hydrogens (tertiary/aromatic N) is 1. The van der Waals surface area contributed by atoms with E-state index in [9.17, 15) is 14.4 Å². The van der Waals surface area contributed by atoms with Crippen molar-refractivity contribution in [1.29, 1.82) is 0 Å². The molecule has 1 fully saturated rings. The van der Waals surface area contributed by atoms with E-state index in [0.29, 0.717) is 27.9 Å². The van der Waals surface area contributed by atoms with E-state index in [-0.39, 0.29) is 10.1 Å². The highest BCUT2D eigenvalue weighted by molar-refractivity contribution is 9.10. The summed E-state index contributed by atoms with van der Waals surface area (Å²) in [5.74, 6) is -1.07. The molecule has 1 atom stereocenters. The molecule has 8 heteroatoms. The van der Waals surface area contributed by atoms with Crippen molar-refractivity contribution in [2.45, 2.75) is 19.4 Å². The SMILES string of the molecule is CCC(Oc1cccc(/C=C2/SC(=O)N(c3ccccc3Br)C2=O)c1)C(=O)O. The number of rotatable bonds is 6. The molecular weight excluding hydrogens is 446 g/mol. The van der Waals surface area contributed by atoms with Gasteiger partial charge in [0.15, 0.2) is 6.10 Å². The van der Waals surface area contributed by atoms with Crippen molar-refractivity contribution in [3.8, 4) is 5.75 Å². The van der Waals surface area contributed by atoms with Crippen molar-refractivity contribution < 1.29 is 24.2 Å². The zero-order valence-electron chi connectivity index (χ0n) is 14.8. The summed E-state index contributed by atoms with van der Waals surface area (Å²) in [7, 11) is 0. The third-order valence-electron chi connectivity index (χ3n) is 3.97. The van der Waals surface area contributed by atoms with Crippen LogP contribution in [0.5, 0.6) is 5.75 Å². The van der Waals surface area contributed by atoms with Crippen molar-refractivity contribution in [3.63, 3.8) is 0 Å². The van der Waals surface area contributed by atoms with Crippen LogP contribution in [0.1, 0.15) is 18.9 Å². The molecule has 144 valence electrons. The maximum Gasteiger partial charge on any atom is 0.344 e. The molecule has 1 saturated heterocycles. The average Bonchev–Trinajstić information content (AvgIpc) is 2.93. The number of carbonyl (C=O) groups is 3. The third-order valence-corrected chi connectivity index (χ3v) is 5.51. The van der Waals surface area contributed by atoms with Gasteiger partial charge in [0.25, 0.3) is 11.1 Å². The van der Waals surface area contributed by atoms with Crippen molar-refractivity contribution in [2.75, 3.05) is 4.90 Å². The predicted octanol–water partition coefficient (Wildman–Crippen LogP) is 4.93. The summed E-state index contributed by atoms with van der Waals surface area (Å²) < 4.78 is 6.13. The van der Waals surface area contributed by atoms with Crippen LogP contribution in [0.15, 0.2) is 57.9 Å². The Bertz CT molecular complexity index is 975. The summed E-state index contributed by atoms with van der Waals surface area (Å²) in [6.45, 7) is 1.72. The molecule has 2 aromatic rings. The third kappa shape index (κ3) is 4.28. The summed E-state index contributed by atoms with van der Waals surface area (Å²) in [5.41, 5.74) is 1.12. The molecule has 3 rings (SSSR count). The summed E-state index contributed by atoms with van der Waals surface area (Å²) in [4.78, 5) is 37.7. The first-order valence-corrected chi connectivity index (χ1v) is 10.0. The van der Waals surface area contributed by atoms with Crippen LogP contribution in [0.4, 0.5) is 10.5 Å². The fraction of sp³-hybridized carbons (Fsp3) is 0.150. The minimum Gasteiger partial charge on any atom is -0.479 e. The number of amides is 2. The maximum atomic E-state index is 12.8. The van der Waals surface area contributed by atoms with Crippen LogP contribution < -0.4 is 9.64 Å². The zero-order chi connectivity index (χ0) is 20.3. The lowest BCUT2D eigenvalue weighted by Crippen LogP contribution is -2.27. The van der Waals surface area contributed by atoms with Crippen molar-refractivity contribution in [1.82, 2.24) is 0 Å². The summed E-state index contributed by atoms with van der Waals surface area (Å²) >= 11 is 4.21. The quantitative estimate of drug-likeness (QED) is 0.613. The molecule has 28 heavy (non-hydrogen) atoms. The fourth-order valence-electron chi connectivity index (χ4n) is 2.61. The Kier molecular flexibility index (Phi) is 6.21. The van der Waals surface area contributed by atoms with E-state index < -0.39 is 18.0 Å². The standard InChI is InChI=1S/C20H16BrNO5S/c1-2-16(19(24)25)27-13-7-5-6-12(10-13)11-17-18(23)22(20(26)28-17)15-9-4-3-8-14(15)21/h3-11,16H,2H2,1H3,(H,24,25)/b17-11+. The number of halogens is 1. The molecule has 1 aliphatic heterocycles. The molecule has 6 nitrogen and oxygen atoms in total. The Hall–Kier alpha value is -2.58. The van der Waals surface area contributed by atoms with Gasteiger partial charge in [-0.2, -0.15) is 0 Å². The van der Waals surface area contributed by atoms with Crippen LogP contribution in [0.2, 0.25) is 0 Å². The number of hydrogen-bond donors (Lipinski definition) is 1. The molecule has 0 bridgehead atoms. The van der Waals surface area contributed by atoms with Gasteiger partial charge in [-0.3, -0.25) is 9.59 Å². The Morgan fingerprint density at radius 2 is 2.00 bits per heavy atom. The second-order valence-corrected chi connectivity index (χ2v) is 7.74. The number of carboxylic acids is 1. The van der Waals surface area contributed by atoms with Gasteiger partial charge in [0.1, 0.15) is 5.75 Å². The topological polar surface area (TPSA) is 83.9 Å². The van der Waals surface area contributed by atoms with Gasteiger partial charge in [-0.15, -0.1) is 0 Å². The van der Waals surface area contributed by atoms with Gasteiger partial charge in [0.2, 0.25) is 0 Å². The van der Waals surface area contributed by atoms with Crippen LogP contribution in [0.25, 0.3) is 6.08 Å². The number of imide groups is 1. The molecule has 0 radical (unpaired) electrons. The lowest BCUT2D eigenvalue weighted by atomic mass is 10.2. The zero-order valence-corrected chi connectivity index (χ0v) is 17.2. The van der Waals surface area contributed by atoms with E-state index in [2.05, 4.69) is 15.9 Å². The smallest absolute Gasteiger partial charge is 0.344 e. The summed E-state index contributed by atoms with van der Waals surface area (Å²) in [6, 6.07) is 13.7. The minimum absolute atomic E-state index is 0.281. The van der Waals surface area contributed by atoms with E-state index in [1.165, 1.54) is 0 Å². The van der Waals surface area contributed by atoms with Crippen molar-refractivity contribution in [3.05, 3.63) is 63.5 Å². The van der Waals surface area contributed by atoms with Gasteiger partial charge in [0, 0.05) is 4.47 Å². The second kappa shape index (κ2) is 8.62. The summed E-state index contributed by atoms with van der Waals surface area (Å²) in [6.07, 6.45) is 0.971. The Morgan fingerprint density at radius 1 is 1.25 bits per heavy atom. The Labute approximate surface area is 174 Å². The molecule has 2 amide bonds. The van der Waals surface area contributed by atoms with Gasteiger partial charge in [-0.1, -0.05) is 31.2 Å². The van der Waals surface area contributed by atoms with Crippen LogP contribution in [0.3, 0.4) is 0 Å². The van der Waals surface area contributed by atoms with Crippen LogP contribution >= 0.6 is 27.7 Å². The molecule has 1 unspecified atom stereocenters. The lowest BCUT2D eigenvalue weighted by Gasteiger charge is -2.14. The fourth-order valence-corrected chi connectivity index (χ4v) is 3.91. The highest BCUT2D eigenvalue weighted by atomic mass is 79.9. The largest absolute Gasteiger partial charge is 0.479 e. The first kappa shape index (κ1) is 20.2. The highest BCUT2D eigenvalue weighted by Gasteiger charge is 2.37. The van der Waals surface area contributed by atoms with Crippen LogP contribution in [-0.2, 0) is 9.59 Å². The van der Waals surface area contributed by atoms with Crippen LogP contribution in [-0.4, -0.2) is 28.3 Å². The number of ether oxygens (including phenoxy) is 1. The van der Waals surface area contributed by atoms with Gasteiger partial charge in [-0.05, 0) is 70.0 Å². The second-order valence-electron chi connectivity index (χ2n) is 5.89. The highest BCUT2D eigenvalue weighted by Crippen LogP contribution is 2.38. The predicted molar refractivity (Wildman–Crippen MR) is 111 cm³/mol.